The van der Waals surface area contributed by atoms with E-state index in [0.29, 0.717) is 16.1 Å². The van der Waals surface area contributed by atoms with Gasteiger partial charge in [0, 0.05) is 16.8 Å². The number of sulfone groups is 1. The highest BCUT2D eigenvalue weighted by Crippen LogP contribution is 2.33. The zero-order chi connectivity index (χ0) is 17.3. The highest BCUT2D eigenvalue weighted by Gasteiger charge is 2.24. The van der Waals surface area contributed by atoms with Gasteiger partial charge in [0.25, 0.3) is 5.91 Å². The molecule has 0 unspecified atom stereocenters. The Labute approximate surface area is 146 Å². The average Bonchev–Trinajstić information content (AvgIpc) is 2.88. The summed E-state index contributed by atoms with van der Waals surface area (Å²) in [5.41, 5.74) is 3.49. The lowest BCUT2D eigenvalue weighted by Gasteiger charge is -2.14. The van der Waals surface area contributed by atoms with Gasteiger partial charge in [0.1, 0.15) is 0 Å². The molecule has 1 amide bonds. The van der Waals surface area contributed by atoms with Crippen LogP contribution in [0.2, 0.25) is 5.02 Å². The van der Waals surface area contributed by atoms with Crippen LogP contribution in [0.15, 0.2) is 42.5 Å². The summed E-state index contributed by atoms with van der Waals surface area (Å²) in [5.74, 6) is -0.181. The van der Waals surface area contributed by atoms with Gasteiger partial charge in [0.2, 0.25) is 0 Å². The van der Waals surface area contributed by atoms with Crippen molar-refractivity contribution in [2.45, 2.75) is 24.6 Å². The van der Waals surface area contributed by atoms with Gasteiger partial charge in [-0.05, 0) is 53.8 Å². The maximum absolute atomic E-state index is 12.4. The summed E-state index contributed by atoms with van der Waals surface area (Å²) < 4.78 is 22.6. The van der Waals surface area contributed by atoms with E-state index in [1.54, 1.807) is 24.3 Å². The van der Waals surface area contributed by atoms with Crippen LogP contribution in [0.1, 0.15) is 39.5 Å². The number of hydrogen-bond acceptors (Lipinski definition) is 3. The lowest BCUT2D eigenvalue weighted by molar-refractivity contribution is 0.0936. The molecular weight excluding hydrogens is 346 g/mol. The summed E-state index contributed by atoms with van der Waals surface area (Å²) in [6.07, 6.45) is 2.94. The van der Waals surface area contributed by atoms with Gasteiger partial charge in [0.15, 0.2) is 9.84 Å². The van der Waals surface area contributed by atoms with E-state index in [9.17, 15) is 13.2 Å². The zero-order valence-corrected chi connectivity index (χ0v) is 14.8. The molecule has 0 aromatic heterocycles. The molecule has 24 heavy (non-hydrogen) atoms. The number of aryl methyl sites for hydroxylation is 1. The van der Waals surface area contributed by atoms with Crippen molar-refractivity contribution in [3.8, 4) is 0 Å². The number of fused-ring (bicyclic) bond motifs is 1. The molecule has 126 valence electrons. The molecule has 1 N–H and O–H groups in total. The number of amides is 1. The molecule has 1 atom stereocenters. The van der Waals surface area contributed by atoms with Crippen molar-refractivity contribution in [1.82, 2.24) is 5.32 Å². The third kappa shape index (κ3) is 3.97. The first kappa shape index (κ1) is 17.0. The first-order chi connectivity index (χ1) is 11.3. The Hall–Kier alpha value is -1.85. The normalized spacial score (nSPS) is 16.7. The monoisotopic (exact) mass is 363 g/mol. The second kappa shape index (κ2) is 6.57. The second-order valence-corrected chi connectivity index (χ2v) is 8.75. The minimum atomic E-state index is -3.08. The highest BCUT2D eigenvalue weighted by atomic mass is 35.5. The topological polar surface area (TPSA) is 63.2 Å². The van der Waals surface area contributed by atoms with E-state index >= 15 is 0 Å². The Morgan fingerprint density at radius 3 is 2.58 bits per heavy atom. The van der Waals surface area contributed by atoms with E-state index in [1.807, 2.05) is 18.2 Å². The molecule has 6 heteroatoms. The molecule has 4 nitrogen and oxygen atoms in total. The van der Waals surface area contributed by atoms with Crippen LogP contribution in [0.4, 0.5) is 0 Å². The van der Waals surface area contributed by atoms with Crippen molar-refractivity contribution in [3.63, 3.8) is 0 Å². The average molecular weight is 364 g/mol. The molecule has 0 aliphatic heterocycles. The van der Waals surface area contributed by atoms with Crippen LogP contribution in [0.25, 0.3) is 0 Å². The highest BCUT2D eigenvalue weighted by molar-refractivity contribution is 7.89. The predicted molar refractivity (Wildman–Crippen MR) is 95.0 cm³/mol. The summed E-state index contributed by atoms with van der Waals surface area (Å²) in [5, 5.41) is 3.75. The Bertz CT molecular complexity index is 876. The number of carbonyl (C=O) groups is 1. The molecule has 1 aliphatic rings. The molecular formula is C18H18ClNO3S. The van der Waals surface area contributed by atoms with E-state index in [-0.39, 0.29) is 17.7 Å². The fraction of sp³-hybridized carbons (Fsp3) is 0.278. The van der Waals surface area contributed by atoms with Crippen LogP contribution in [0.3, 0.4) is 0 Å². The van der Waals surface area contributed by atoms with Gasteiger partial charge >= 0.3 is 0 Å². The van der Waals surface area contributed by atoms with E-state index in [0.717, 1.165) is 18.4 Å². The SMILES string of the molecule is CS(=O)(=O)Cc1ccc(C(=O)N[C@@H]2CCc3cc(Cl)ccc32)cc1. The molecule has 0 bridgehead atoms. The Morgan fingerprint density at radius 1 is 1.21 bits per heavy atom. The molecule has 0 saturated heterocycles. The molecule has 0 fully saturated rings. The second-order valence-electron chi connectivity index (χ2n) is 6.17. The van der Waals surface area contributed by atoms with Crippen LogP contribution < -0.4 is 5.32 Å². The first-order valence-electron chi connectivity index (χ1n) is 7.68. The van der Waals surface area contributed by atoms with Gasteiger partial charge in [-0.15, -0.1) is 0 Å². The maximum atomic E-state index is 12.4. The molecule has 3 rings (SSSR count). The first-order valence-corrected chi connectivity index (χ1v) is 10.1. The molecule has 0 heterocycles. The summed E-state index contributed by atoms with van der Waals surface area (Å²) in [7, 11) is -3.08. The smallest absolute Gasteiger partial charge is 0.251 e. The van der Waals surface area contributed by atoms with Crippen molar-refractivity contribution in [2.24, 2.45) is 0 Å². The standard InChI is InChI=1S/C18H18ClNO3S/c1-24(22,23)11-12-2-4-13(5-3-12)18(21)20-17-9-6-14-10-15(19)7-8-16(14)17/h2-5,7-8,10,17H,6,9,11H2,1H3,(H,20,21)/t17-/m1/s1. The summed E-state index contributed by atoms with van der Waals surface area (Å²) >= 11 is 6.00. The number of halogens is 1. The number of carbonyl (C=O) groups excluding carboxylic acids is 1. The minimum absolute atomic E-state index is 0.0135. The third-order valence-electron chi connectivity index (χ3n) is 4.13. The number of hydrogen-bond donors (Lipinski definition) is 1. The lowest BCUT2D eigenvalue weighted by Crippen LogP contribution is -2.27. The Morgan fingerprint density at radius 2 is 1.92 bits per heavy atom. The zero-order valence-electron chi connectivity index (χ0n) is 13.3. The van der Waals surface area contributed by atoms with Gasteiger partial charge in [-0.3, -0.25) is 4.79 Å². The summed E-state index contributed by atoms with van der Waals surface area (Å²) in [6.45, 7) is 0. The minimum Gasteiger partial charge on any atom is -0.345 e. The number of benzene rings is 2. The fourth-order valence-electron chi connectivity index (χ4n) is 3.03. The van der Waals surface area contributed by atoms with Gasteiger partial charge in [-0.25, -0.2) is 8.42 Å². The molecule has 0 spiro atoms. The largest absolute Gasteiger partial charge is 0.345 e. The van der Waals surface area contributed by atoms with Crippen LogP contribution in [0, 0.1) is 0 Å². The van der Waals surface area contributed by atoms with Gasteiger partial charge in [-0.2, -0.15) is 0 Å². The number of nitrogens with one attached hydrogen (secondary N) is 1. The van der Waals surface area contributed by atoms with E-state index in [4.69, 9.17) is 11.6 Å². The van der Waals surface area contributed by atoms with E-state index in [2.05, 4.69) is 5.32 Å². The Kier molecular flexibility index (Phi) is 4.65. The van der Waals surface area contributed by atoms with Crippen LogP contribution in [-0.2, 0) is 22.0 Å². The molecule has 2 aromatic carbocycles. The van der Waals surface area contributed by atoms with Gasteiger partial charge in [0.05, 0.1) is 11.8 Å². The van der Waals surface area contributed by atoms with Crippen LogP contribution in [0.5, 0.6) is 0 Å². The summed E-state index contributed by atoms with van der Waals surface area (Å²) in [6, 6.07) is 12.4. The maximum Gasteiger partial charge on any atom is 0.251 e. The van der Waals surface area contributed by atoms with E-state index in [1.165, 1.54) is 11.8 Å². The van der Waals surface area contributed by atoms with Crippen molar-refractivity contribution < 1.29 is 13.2 Å². The molecule has 2 aromatic rings. The van der Waals surface area contributed by atoms with Crippen LogP contribution in [-0.4, -0.2) is 20.6 Å². The fourth-order valence-corrected chi connectivity index (χ4v) is 4.03. The molecule has 0 saturated carbocycles. The van der Waals surface area contributed by atoms with E-state index < -0.39 is 9.84 Å². The predicted octanol–water partition coefficient (Wildman–Crippen LogP) is 3.30. The third-order valence-corrected chi connectivity index (χ3v) is 5.23. The molecule has 0 radical (unpaired) electrons. The Balaban J connectivity index is 1.70. The van der Waals surface area contributed by atoms with Crippen molar-refractivity contribution in [2.75, 3.05) is 6.26 Å². The summed E-state index contributed by atoms with van der Waals surface area (Å²) in [4.78, 5) is 12.4. The quantitative estimate of drug-likeness (QED) is 0.906. The number of rotatable bonds is 4. The lowest BCUT2D eigenvalue weighted by atomic mass is 10.1. The van der Waals surface area contributed by atoms with Gasteiger partial charge < -0.3 is 5.32 Å². The van der Waals surface area contributed by atoms with Crippen molar-refractivity contribution in [3.05, 3.63) is 69.7 Å². The van der Waals surface area contributed by atoms with Crippen molar-refractivity contribution in [1.29, 1.82) is 0 Å². The van der Waals surface area contributed by atoms with Crippen molar-refractivity contribution >= 4 is 27.3 Å². The molecule has 1 aliphatic carbocycles. The van der Waals surface area contributed by atoms with Crippen LogP contribution >= 0.6 is 11.6 Å². The van der Waals surface area contributed by atoms with Gasteiger partial charge in [-0.1, -0.05) is 29.8 Å².